The van der Waals surface area contributed by atoms with Crippen LogP contribution in [0.3, 0.4) is 0 Å². The molecule has 0 fully saturated rings. The highest BCUT2D eigenvalue weighted by Crippen LogP contribution is 2.11. The van der Waals surface area contributed by atoms with Crippen LogP contribution in [0.1, 0.15) is 20.8 Å². The summed E-state index contributed by atoms with van der Waals surface area (Å²) >= 11 is 6.00. The van der Waals surface area contributed by atoms with Crippen molar-refractivity contribution in [2.24, 2.45) is 10.7 Å². The third-order valence-electron chi connectivity index (χ3n) is 2.09. The van der Waals surface area contributed by atoms with Crippen LogP contribution in [0.2, 0.25) is 0 Å². The lowest BCUT2D eigenvalue weighted by Crippen LogP contribution is -2.25. The third kappa shape index (κ3) is 4.75. The van der Waals surface area contributed by atoms with Crippen LogP contribution in [0, 0.1) is 0 Å². The molecule has 1 heterocycles. The van der Waals surface area contributed by atoms with Gasteiger partial charge in [0.1, 0.15) is 5.70 Å². The summed E-state index contributed by atoms with van der Waals surface area (Å²) in [7, 11) is 0. The lowest BCUT2D eigenvalue weighted by molar-refractivity contribution is -0.138. The fourth-order valence-corrected chi connectivity index (χ4v) is 1.49. The first-order valence-corrected chi connectivity index (χ1v) is 5.61. The normalized spacial score (nSPS) is 17.2. The van der Waals surface area contributed by atoms with Crippen molar-refractivity contribution in [3.8, 4) is 0 Å². The zero-order chi connectivity index (χ0) is 12.0. The minimum Gasteiger partial charge on any atom is -0.461 e. The van der Waals surface area contributed by atoms with E-state index in [1.165, 1.54) is 0 Å². The van der Waals surface area contributed by atoms with E-state index in [-0.39, 0.29) is 24.8 Å². The van der Waals surface area contributed by atoms with Crippen LogP contribution in [0.15, 0.2) is 15.7 Å². The predicted octanol–water partition coefficient (Wildman–Crippen LogP) is 1.03. The standard InChI is InChI=1S/C10H16ClN3O2.CH4/c1-2-16-10(15)9(12)8(11)7-6-13-4-3-5-14-7;/h13H,2-6,12H2,1H3;1H4/b9-8+;. The van der Waals surface area contributed by atoms with Crippen molar-refractivity contribution in [2.45, 2.75) is 20.8 Å². The minimum atomic E-state index is -0.598. The first-order valence-electron chi connectivity index (χ1n) is 5.23. The topological polar surface area (TPSA) is 76.7 Å². The van der Waals surface area contributed by atoms with Crippen molar-refractivity contribution in [2.75, 3.05) is 26.2 Å². The largest absolute Gasteiger partial charge is 0.461 e. The second kappa shape index (κ2) is 8.08. The number of rotatable bonds is 3. The van der Waals surface area contributed by atoms with E-state index < -0.39 is 5.97 Å². The number of hydrogen-bond donors (Lipinski definition) is 2. The summed E-state index contributed by atoms with van der Waals surface area (Å²) in [5.41, 5.74) is 6.13. The minimum absolute atomic E-state index is 0. The summed E-state index contributed by atoms with van der Waals surface area (Å²) in [4.78, 5) is 15.6. The van der Waals surface area contributed by atoms with E-state index in [1.54, 1.807) is 6.92 Å². The van der Waals surface area contributed by atoms with E-state index in [4.69, 9.17) is 22.1 Å². The molecule has 0 atom stereocenters. The van der Waals surface area contributed by atoms with E-state index in [1.807, 2.05) is 0 Å². The van der Waals surface area contributed by atoms with Gasteiger partial charge < -0.3 is 15.8 Å². The maximum Gasteiger partial charge on any atom is 0.355 e. The second-order valence-electron chi connectivity index (χ2n) is 3.31. The van der Waals surface area contributed by atoms with Gasteiger partial charge in [0, 0.05) is 13.1 Å². The first kappa shape index (κ1) is 15.9. The zero-order valence-corrected chi connectivity index (χ0v) is 10.0. The molecule has 0 spiro atoms. The van der Waals surface area contributed by atoms with Gasteiger partial charge in [0.25, 0.3) is 0 Å². The quantitative estimate of drug-likeness (QED) is 0.588. The molecular formula is C11H20ClN3O2. The second-order valence-corrected chi connectivity index (χ2v) is 3.68. The number of nitrogens with one attached hydrogen (secondary N) is 1. The SMILES string of the molecule is C.CCOC(=O)/C(N)=C(\Cl)C1=NCCCNC1. The number of aliphatic imine (C=N–C) groups is 1. The Labute approximate surface area is 107 Å². The number of nitrogens with two attached hydrogens (primary N) is 1. The van der Waals surface area contributed by atoms with E-state index in [0.29, 0.717) is 18.8 Å². The monoisotopic (exact) mass is 261 g/mol. The first-order chi connectivity index (χ1) is 7.66. The molecule has 0 aromatic rings. The van der Waals surface area contributed by atoms with Gasteiger partial charge in [0.15, 0.2) is 0 Å². The van der Waals surface area contributed by atoms with Crippen LogP contribution in [0.4, 0.5) is 0 Å². The molecule has 6 heteroatoms. The number of ether oxygens (including phenoxy) is 1. The lowest BCUT2D eigenvalue weighted by Gasteiger charge is -2.07. The Balaban J connectivity index is 0.00000256. The fraction of sp³-hybridized carbons (Fsp3) is 0.636. The van der Waals surface area contributed by atoms with Gasteiger partial charge in [0.05, 0.1) is 17.4 Å². The van der Waals surface area contributed by atoms with Crippen molar-refractivity contribution >= 4 is 23.3 Å². The van der Waals surface area contributed by atoms with Crippen LogP contribution in [-0.4, -0.2) is 37.9 Å². The Bertz CT molecular complexity index is 327. The Morgan fingerprint density at radius 3 is 3.00 bits per heavy atom. The average molecular weight is 262 g/mol. The molecule has 0 saturated carbocycles. The van der Waals surface area contributed by atoms with Crippen LogP contribution in [0.5, 0.6) is 0 Å². The average Bonchev–Trinajstić information content (AvgIpc) is 2.56. The summed E-state index contributed by atoms with van der Waals surface area (Å²) in [5, 5.41) is 3.33. The summed E-state index contributed by atoms with van der Waals surface area (Å²) < 4.78 is 4.77. The number of nitrogens with zero attached hydrogens (tertiary/aromatic N) is 1. The molecule has 1 aliphatic rings. The van der Waals surface area contributed by atoms with Gasteiger partial charge in [-0.15, -0.1) is 0 Å². The highest BCUT2D eigenvalue weighted by Gasteiger charge is 2.16. The van der Waals surface area contributed by atoms with E-state index in [0.717, 1.165) is 13.0 Å². The molecule has 0 aromatic heterocycles. The highest BCUT2D eigenvalue weighted by atomic mass is 35.5. The van der Waals surface area contributed by atoms with Crippen molar-refractivity contribution in [1.82, 2.24) is 5.32 Å². The number of carbonyl (C=O) groups excluding carboxylic acids is 1. The van der Waals surface area contributed by atoms with Crippen LogP contribution < -0.4 is 11.1 Å². The Kier molecular flexibility index (Phi) is 7.58. The molecule has 0 aromatic carbocycles. The van der Waals surface area contributed by atoms with Gasteiger partial charge in [-0.25, -0.2) is 4.79 Å². The Morgan fingerprint density at radius 2 is 2.35 bits per heavy atom. The number of esters is 1. The molecule has 0 saturated heterocycles. The summed E-state index contributed by atoms with van der Waals surface area (Å²) in [6.45, 7) is 4.09. The molecule has 0 aliphatic carbocycles. The number of carbonyl (C=O) groups is 1. The molecule has 0 bridgehead atoms. The zero-order valence-electron chi connectivity index (χ0n) is 9.25. The van der Waals surface area contributed by atoms with Crippen molar-refractivity contribution < 1.29 is 9.53 Å². The van der Waals surface area contributed by atoms with E-state index in [9.17, 15) is 4.79 Å². The maximum absolute atomic E-state index is 11.3. The summed E-state index contributed by atoms with van der Waals surface area (Å²) in [6.07, 6.45) is 0.951. The van der Waals surface area contributed by atoms with Crippen LogP contribution in [-0.2, 0) is 9.53 Å². The Hall–Kier alpha value is -1.07. The van der Waals surface area contributed by atoms with Gasteiger partial charge in [-0.3, -0.25) is 4.99 Å². The van der Waals surface area contributed by atoms with Gasteiger partial charge in [-0.1, -0.05) is 19.0 Å². The van der Waals surface area contributed by atoms with Crippen LogP contribution in [0.25, 0.3) is 0 Å². The van der Waals surface area contributed by atoms with E-state index in [2.05, 4.69) is 10.3 Å². The summed E-state index contributed by atoms with van der Waals surface area (Å²) in [5.74, 6) is -0.598. The number of halogens is 1. The fourth-order valence-electron chi connectivity index (χ4n) is 1.28. The molecule has 0 unspecified atom stereocenters. The maximum atomic E-state index is 11.3. The van der Waals surface area contributed by atoms with Crippen molar-refractivity contribution in [3.05, 3.63) is 10.7 Å². The van der Waals surface area contributed by atoms with Gasteiger partial charge in [0.2, 0.25) is 0 Å². The molecule has 1 rings (SSSR count). The van der Waals surface area contributed by atoms with Gasteiger partial charge in [-0.2, -0.15) is 0 Å². The lowest BCUT2D eigenvalue weighted by atomic mass is 10.3. The molecule has 17 heavy (non-hydrogen) atoms. The van der Waals surface area contributed by atoms with E-state index >= 15 is 0 Å². The summed E-state index contributed by atoms with van der Waals surface area (Å²) in [6, 6.07) is 0. The van der Waals surface area contributed by atoms with Crippen molar-refractivity contribution in [3.63, 3.8) is 0 Å². The molecule has 0 radical (unpaired) electrons. The molecular weight excluding hydrogens is 242 g/mol. The molecule has 3 N–H and O–H groups in total. The number of hydrogen-bond acceptors (Lipinski definition) is 5. The molecule has 5 nitrogen and oxygen atoms in total. The van der Waals surface area contributed by atoms with Crippen LogP contribution >= 0.6 is 11.6 Å². The Morgan fingerprint density at radius 1 is 1.65 bits per heavy atom. The highest BCUT2D eigenvalue weighted by molar-refractivity contribution is 6.45. The molecule has 98 valence electrons. The third-order valence-corrected chi connectivity index (χ3v) is 2.51. The predicted molar refractivity (Wildman–Crippen MR) is 70.2 cm³/mol. The molecule has 0 amide bonds. The van der Waals surface area contributed by atoms with Gasteiger partial charge >= 0.3 is 5.97 Å². The van der Waals surface area contributed by atoms with Gasteiger partial charge in [-0.05, 0) is 19.9 Å². The molecule has 1 aliphatic heterocycles. The van der Waals surface area contributed by atoms with Crippen molar-refractivity contribution in [1.29, 1.82) is 0 Å². The smallest absolute Gasteiger partial charge is 0.355 e.